The van der Waals surface area contributed by atoms with Crippen LogP contribution in [0.25, 0.3) is 0 Å². The molecule has 0 atom stereocenters. The van der Waals surface area contributed by atoms with Crippen LogP contribution in [0.4, 0.5) is 5.82 Å². The van der Waals surface area contributed by atoms with E-state index >= 15 is 0 Å². The van der Waals surface area contributed by atoms with Crippen LogP contribution < -0.4 is 16.6 Å². The SMILES string of the molecule is CCCc1cc(C(=O)NCC(C)(C)C(C)C)cc(NN)n1. The molecule has 0 aromatic carbocycles. The summed E-state index contributed by atoms with van der Waals surface area (Å²) in [6.07, 6.45) is 1.80. The quantitative estimate of drug-likeness (QED) is 0.533. The monoisotopic (exact) mass is 292 g/mol. The number of hydrazine groups is 1. The Morgan fingerprint density at radius 2 is 2.05 bits per heavy atom. The van der Waals surface area contributed by atoms with E-state index in [2.05, 4.69) is 50.3 Å². The van der Waals surface area contributed by atoms with Crippen LogP contribution in [0, 0.1) is 11.3 Å². The van der Waals surface area contributed by atoms with Crippen LogP contribution >= 0.6 is 0 Å². The van der Waals surface area contributed by atoms with Crippen LogP contribution in [0.15, 0.2) is 12.1 Å². The molecule has 0 aliphatic rings. The molecule has 0 bridgehead atoms. The van der Waals surface area contributed by atoms with E-state index < -0.39 is 0 Å². The molecule has 1 aromatic heterocycles. The minimum Gasteiger partial charge on any atom is -0.351 e. The summed E-state index contributed by atoms with van der Waals surface area (Å²) < 4.78 is 0. The second-order valence-electron chi connectivity index (χ2n) is 6.45. The fraction of sp³-hybridized carbons (Fsp3) is 0.625. The summed E-state index contributed by atoms with van der Waals surface area (Å²) in [4.78, 5) is 16.7. The molecule has 1 amide bonds. The van der Waals surface area contributed by atoms with Gasteiger partial charge in [-0.25, -0.2) is 10.8 Å². The molecule has 0 saturated carbocycles. The topological polar surface area (TPSA) is 80.0 Å². The summed E-state index contributed by atoms with van der Waals surface area (Å²) in [6.45, 7) is 11.3. The van der Waals surface area contributed by atoms with E-state index in [1.807, 2.05) is 6.07 Å². The number of aromatic nitrogens is 1. The fourth-order valence-corrected chi connectivity index (χ4v) is 1.79. The van der Waals surface area contributed by atoms with Crippen LogP contribution in [-0.2, 0) is 6.42 Å². The molecule has 0 aliphatic heterocycles. The number of nitrogens with two attached hydrogens (primary N) is 1. The van der Waals surface area contributed by atoms with Gasteiger partial charge in [-0.15, -0.1) is 0 Å². The molecule has 0 radical (unpaired) electrons. The third-order valence-corrected chi connectivity index (χ3v) is 4.06. The highest BCUT2D eigenvalue weighted by atomic mass is 16.1. The number of hydrogen-bond donors (Lipinski definition) is 3. The first kappa shape index (κ1) is 17.4. The van der Waals surface area contributed by atoms with Crippen LogP contribution in [0.5, 0.6) is 0 Å². The second-order valence-corrected chi connectivity index (χ2v) is 6.45. The Hall–Kier alpha value is -1.62. The Morgan fingerprint density at radius 3 is 2.57 bits per heavy atom. The van der Waals surface area contributed by atoms with Gasteiger partial charge in [0.1, 0.15) is 5.82 Å². The van der Waals surface area contributed by atoms with Crippen LogP contribution in [0.3, 0.4) is 0 Å². The van der Waals surface area contributed by atoms with Gasteiger partial charge in [-0.2, -0.15) is 0 Å². The van der Waals surface area contributed by atoms with Crippen molar-refractivity contribution in [2.75, 3.05) is 12.0 Å². The number of anilines is 1. The van der Waals surface area contributed by atoms with Gasteiger partial charge in [0.2, 0.25) is 0 Å². The zero-order valence-electron chi connectivity index (χ0n) is 13.8. The van der Waals surface area contributed by atoms with E-state index in [0.717, 1.165) is 18.5 Å². The summed E-state index contributed by atoms with van der Waals surface area (Å²) in [5.41, 5.74) is 4.05. The highest BCUT2D eigenvalue weighted by Gasteiger charge is 2.23. The Bertz CT molecular complexity index is 483. The first-order chi connectivity index (χ1) is 9.80. The Labute approximate surface area is 127 Å². The molecular formula is C16H28N4O. The lowest BCUT2D eigenvalue weighted by molar-refractivity contribution is 0.0924. The minimum absolute atomic E-state index is 0.0594. The predicted molar refractivity (Wildman–Crippen MR) is 87.0 cm³/mol. The van der Waals surface area contributed by atoms with Crippen LogP contribution in [0.1, 0.15) is 57.1 Å². The molecule has 1 rings (SSSR count). The normalized spacial score (nSPS) is 11.6. The number of rotatable bonds is 7. The molecule has 0 saturated heterocycles. The maximum atomic E-state index is 12.3. The number of amides is 1. The average Bonchev–Trinajstić information content (AvgIpc) is 2.44. The summed E-state index contributed by atoms with van der Waals surface area (Å²) in [6, 6.07) is 3.51. The molecule has 0 spiro atoms. The van der Waals surface area contributed by atoms with E-state index in [1.165, 1.54) is 0 Å². The number of hydrogen-bond acceptors (Lipinski definition) is 4. The van der Waals surface area contributed by atoms with Crippen molar-refractivity contribution in [2.45, 2.75) is 47.5 Å². The van der Waals surface area contributed by atoms with E-state index in [0.29, 0.717) is 23.8 Å². The van der Waals surface area contributed by atoms with Gasteiger partial charge in [-0.05, 0) is 29.9 Å². The van der Waals surface area contributed by atoms with Gasteiger partial charge in [-0.3, -0.25) is 4.79 Å². The average molecular weight is 292 g/mol. The first-order valence-electron chi connectivity index (χ1n) is 7.56. The fourth-order valence-electron chi connectivity index (χ4n) is 1.79. The maximum Gasteiger partial charge on any atom is 0.251 e. The third-order valence-electron chi connectivity index (χ3n) is 4.06. The van der Waals surface area contributed by atoms with Gasteiger partial charge in [0.05, 0.1) is 0 Å². The van der Waals surface area contributed by atoms with Gasteiger partial charge in [0.25, 0.3) is 5.91 Å². The Kier molecular flexibility index (Phi) is 6.15. The molecule has 118 valence electrons. The lowest BCUT2D eigenvalue weighted by Gasteiger charge is -2.29. The lowest BCUT2D eigenvalue weighted by atomic mass is 9.81. The van der Waals surface area contributed by atoms with E-state index in [9.17, 15) is 4.79 Å². The molecule has 21 heavy (non-hydrogen) atoms. The zero-order chi connectivity index (χ0) is 16.0. The maximum absolute atomic E-state index is 12.3. The molecular weight excluding hydrogens is 264 g/mol. The number of carbonyl (C=O) groups is 1. The molecule has 0 aliphatic carbocycles. The number of pyridine rings is 1. The van der Waals surface area contributed by atoms with E-state index in [1.54, 1.807) is 6.07 Å². The van der Waals surface area contributed by atoms with Gasteiger partial charge >= 0.3 is 0 Å². The first-order valence-corrected chi connectivity index (χ1v) is 7.56. The molecule has 4 N–H and O–H groups in total. The number of aryl methyl sites for hydroxylation is 1. The van der Waals surface area contributed by atoms with Crippen LogP contribution in [0.2, 0.25) is 0 Å². The number of carbonyl (C=O) groups excluding carboxylic acids is 1. The summed E-state index contributed by atoms with van der Waals surface area (Å²) in [5, 5.41) is 3.01. The van der Waals surface area contributed by atoms with Gasteiger partial charge < -0.3 is 10.7 Å². The van der Waals surface area contributed by atoms with Gasteiger partial charge in [0.15, 0.2) is 0 Å². The van der Waals surface area contributed by atoms with Crippen molar-refractivity contribution in [3.05, 3.63) is 23.4 Å². The second kappa shape index (κ2) is 7.41. The van der Waals surface area contributed by atoms with Crippen molar-refractivity contribution in [3.63, 3.8) is 0 Å². The van der Waals surface area contributed by atoms with E-state index in [-0.39, 0.29) is 11.3 Å². The van der Waals surface area contributed by atoms with Crippen molar-refractivity contribution in [3.8, 4) is 0 Å². The summed E-state index contributed by atoms with van der Waals surface area (Å²) in [5.74, 6) is 6.35. The van der Waals surface area contributed by atoms with Crippen LogP contribution in [-0.4, -0.2) is 17.4 Å². The van der Waals surface area contributed by atoms with Gasteiger partial charge in [-0.1, -0.05) is 41.0 Å². The zero-order valence-corrected chi connectivity index (χ0v) is 13.8. The number of nitrogen functional groups attached to an aromatic ring is 1. The number of nitrogens with zero attached hydrogens (tertiary/aromatic N) is 1. The van der Waals surface area contributed by atoms with Crippen molar-refractivity contribution in [1.29, 1.82) is 0 Å². The molecule has 0 unspecified atom stereocenters. The Morgan fingerprint density at radius 1 is 1.38 bits per heavy atom. The standard InChI is InChI=1S/C16H28N4O/c1-6-7-13-8-12(9-14(19-13)20-17)15(21)18-10-16(4,5)11(2)3/h8-9,11H,6-7,10,17H2,1-5H3,(H,18,21)(H,19,20). The lowest BCUT2D eigenvalue weighted by Crippen LogP contribution is -2.37. The summed E-state index contributed by atoms with van der Waals surface area (Å²) in [7, 11) is 0. The molecule has 5 heteroatoms. The number of nitrogens with one attached hydrogen (secondary N) is 2. The van der Waals surface area contributed by atoms with Crippen molar-refractivity contribution < 1.29 is 4.79 Å². The van der Waals surface area contributed by atoms with Gasteiger partial charge in [0, 0.05) is 17.8 Å². The van der Waals surface area contributed by atoms with Crippen molar-refractivity contribution >= 4 is 11.7 Å². The molecule has 5 nitrogen and oxygen atoms in total. The summed E-state index contributed by atoms with van der Waals surface area (Å²) >= 11 is 0. The predicted octanol–water partition coefficient (Wildman–Crippen LogP) is 2.73. The van der Waals surface area contributed by atoms with E-state index in [4.69, 9.17) is 5.84 Å². The molecule has 0 fully saturated rings. The highest BCUT2D eigenvalue weighted by molar-refractivity contribution is 5.95. The van der Waals surface area contributed by atoms with Crippen molar-refractivity contribution in [2.24, 2.45) is 17.2 Å². The molecule has 1 aromatic rings. The largest absolute Gasteiger partial charge is 0.351 e. The Balaban J connectivity index is 2.84. The van der Waals surface area contributed by atoms with Crippen molar-refractivity contribution in [1.82, 2.24) is 10.3 Å². The smallest absolute Gasteiger partial charge is 0.251 e. The molecule has 1 heterocycles. The third kappa shape index (κ3) is 5.01. The highest BCUT2D eigenvalue weighted by Crippen LogP contribution is 2.24. The minimum atomic E-state index is -0.0834.